The molecule has 2 aromatic carbocycles. The van der Waals surface area contributed by atoms with Gasteiger partial charge in [-0.1, -0.05) is 56.7 Å². The quantitative estimate of drug-likeness (QED) is 0.388. The van der Waals surface area contributed by atoms with Crippen molar-refractivity contribution in [2.75, 3.05) is 6.54 Å². The Labute approximate surface area is 189 Å². The molecule has 0 saturated heterocycles. The molecule has 0 saturated carbocycles. The van der Waals surface area contributed by atoms with Crippen LogP contribution in [-0.4, -0.2) is 24.3 Å². The lowest BCUT2D eigenvalue weighted by atomic mass is 10.0. The fourth-order valence-electron chi connectivity index (χ4n) is 3.29. The molecule has 0 aliphatic carbocycles. The second-order valence-corrected chi connectivity index (χ2v) is 10.7. The van der Waals surface area contributed by atoms with Crippen LogP contribution >= 0.6 is 11.3 Å². The smallest absolute Gasteiger partial charge is 0.243 e. The highest BCUT2D eigenvalue weighted by Crippen LogP contribution is 2.27. The van der Waals surface area contributed by atoms with Crippen LogP contribution < -0.4 is 4.74 Å². The summed E-state index contributed by atoms with van der Waals surface area (Å²) in [6.45, 7) is 9.27. The molecule has 5 nitrogen and oxygen atoms in total. The molecule has 3 rings (SSSR count). The zero-order valence-corrected chi connectivity index (χ0v) is 20.2. The molecule has 166 valence electrons. The molecule has 3 aromatic rings. The zero-order chi connectivity index (χ0) is 22.4. The van der Waals surface area contributed by atoms with Crippen molar-refractivity contribution in [1.82, 2.24) is 9.29 Å². The van der Waals surface area contributed by atoms with Crippen molar-refractivity contribution in [2.45, 2.75) is 58.1 Å². The average Bonchev–Trinajstić information content (AvgIpc) is 3.20. The van der Waals surface area contributed by atoms with Crippen LogP contribution in [0.25, 0.3) is 0 Å². The standard InChI is InChI=1S/C24H30N2O3S2/c1-5-14-26(31(27,28)21-12-10-19(4)11-13-21)15-20-17-30-24(25-20)16-29-23-9-7-6-8-22(23)18(2)3/h6-13,17-18H,5,14-16H2,1-4H3. The maximum Gasteiger partial charge on any atom is 0.243 e. The Kier molecular flexibility index (Phi) is 7.86. The Morgan fingerprint density at radius 1 is 1.10 bits per heavy atom. The van der Waals surface area contributed by atoms with Crippen molar-refractivity contribution in [3.8, 4) is 5.75 Å². The molecule has 7 heteroatoms. The van der Waals surface area contributed by atoms with Crippen molar-refractivity contribution in [2.24, 2.45) is 0 Å². The van der Waals surface area contributed by atoms with E-state index in [9.17, 15) is 8.42 Å². The van der Waals surface area contributed by atoms with E-state index in [1.54, 1.807) is 12.1 Å². The van der Waals surface area contributed by atoms with E-state index >= 15 is 0 Å². The van der Waals surface area contributed by atoms with Crippen LogP contribution in [-0.2, 0) is 23.2 Å². The highest BCUT2D eigenvalue weighted by atomic mass is 32.2. The molecular formula is C24H30N2O3S2. The summed E-state index contributed by atoms with van der Waals surface area (Å²) in [5.74, 6) is 1.24. The minimum Gasteiger partial charge on any atom is -0.486 e. The topological polar surface area (TPSA) is 59.5 Å². The summed E-state index contributed by atoms with van der Waals surface area (Å²) in [6.07, 6.45) is 0.733. The number of aromatic nitrogens is 1. The van der Waals surface area contributed by atoms with E-state index in [0.717, 1.165) is 34.0 Å². The largest absolute Gasteiger partial charge is 0.486 e. The Morgan fingerprint density at radius 3 is 2.48 bits per heavy atom. The summed E-state index contributed by atoms with van der Waals surface area (Å²) in [5, 5.41) is 2.75. The van der Waals surface area contributed by atoms with E-state index in [1.807, 2.05) is 49.6 Å². The molecule has 0 amide bonds. The molecule has 31 heavy (non-hydrogen) atoms. The number of rotatable bonds is 10. The van der Waals surface area contributed by atoms with Crippen molar-refractivity contribution in [3.63, 3.8) is 0 Å². The van der Waals surface area contributed by atoms with Gasteiger partial charge in [0.05, 0.1) is 17.1 Å². The number of sulfonamides is 1. The molecule has 0 aliphatic heterocycles. The van der Waals surface area contributed by atoms with Crippen molar-refractivity contribution >= 4 is 21.4 Å². The van der Waals surface area contributed by atoms with Gasteiger partial charge in [0, 0.05) is 11.9 Å². The first-order valence-electron chi connectivity index (χ1n) is 10.5. The van der Waals surface area contributed by atoms with E-state index in [2.05, 4.69) is 24.9 Å². The van der Waals surface area contributed by atoms with Crippen LogP contribution in [0, 0.1) is 6.92 Å². The zero-order valence-electron chi connectivity index (χ0n) is 18.5. The lowest BCUT2D eigenvalue weighted by molar-refractivity contribution is 0.300. The van der Waals surface area contributed by atoms with Crippen LogP contribution in [0.2, 0.25) is 0 Å². The van der Waals surface area contributed by atoms with E-state index in [4.69, 9.17) is 4.74 Å². The fraction of sp³-hybridized carbons (Fsp3) is 0.375. The molecular weight excluding hydrogens is 428 g/mol. The van der Waals surface area contributed by atoms with E-state index < -0.39 is 10.0 Å². The number of para-hydroxylation sites is 1. The Bertz CT molecular complexity index is 1090. The molecule has 0 fully saturated rings. The third-order valence-corrected chi connectivity index (χ3v) is 7.69. The van der Waals surface area contributed by atoms with Gasteiger partial charge in [0.25, 0.3) is 0 Å². The SMILES string of the molecule is CCCN(Cc1csc(COc2ccccc2C(C)C)n1)S(=O)(=O)c1ccc(C)cc1. The lowest BCUT2D eigenvalue weighted by Crippen LogP contribution is -2.31. The third kappa shape index (κ3) is 5.93. The predicted molar refractivity (Wildman–Crippen MR) is 126 cm³/mol. The summed E-state index contributed by atoms with van der Waals surface area (Å²) in [4.78, 5) is 4.95. The minimum atomic E-state index is -3.57. The number of thiazole rings is 1. The average molecular weight is 459 g/mol. The maximum absolute atomic E-state index is 13.1. The molecule has 0 bridgehead atoms. The number of ether oxygens (including phenoxy) is 1. The number of nitrogens with zero attached hydrogens (tertiary/aromatic N) is 2. The van der Waals surface area contributed by atoms with Gasteiger partial charge in [0.15, 0.2) is 0 Å². The van der Waals surface area contributed by atoms with E-state index in [-0.39, 0.29) is 6.54 Å². The summed E-state index contributed by atoms with van der Waals surface area (Å²) >= 11 is 1.49. The molecule has 1 aromatic heterocycles. The van der Waals surface area contributed by atoms with Crippen LogP contribution in [0.1, 0.15) is 54.9 Å². The van der Waals surface area contributed by atoms with Crippen molar-refractivity contribution in [3.05, 3.63) is 75.7 Å². The Hall–Kier alpha value is -2.22. The van der Waals surface area contributed by atoms with Gasteiger partial charge in [-0.05, 0) is 43.0 Å². The minimum absolute atomic E-state index is 0.253. The summed E-state index contributed by atoms with van der Waals surface area (Å²) < 4.78 is 33.8. The van der Waals surface area contributed by atoms with Crippen LogP contribution in [0.4, 0.5) is 0 Å². The highest BCUT2D eigenvalue weighted by molar-refractivity contribution is 7.89. The third-order valence-electron chi connectivity index (χ3n) is 4.96. The molecule has 0 unspecified atom stereocenters. The molecule has 0 atom stereocenters. The Morgan fingerprint density at radius 2 is 1.81 bits per heavy atom. The first kappa shape index (κ1) is 23.4. The van der Waals surface area contributed by atoms with Crippen molar-refractivity contribution < 1.29 is 13.2 Å². The highest BCUT2D eigenvalue weighted by Gasteiger charge is 2.24. The molecule has 0 spiro atoms. The van der Waals surface area contributed by atoms with Gasteiger partial charge in [-0.3, -0.25) is 0 Å². The second-order valence-electron chi connectivity index (χ2n) is 7.87. The van der Waals surface area contributed by atoms with Gasteiger partial charge in [-0.15, -0.1) is 11.3 Å². The Balaban J connectivity index is 1.71. The molecule has 0 N–H and O–H groups in total. The monoisotopic (exact) mass is 458 g/mol. The summed E-state index contributed by atoms with van der Waals surface area (Å²) in [6, 6.07) is 15.0. The molecule has 0 aliphatic rings. The summed E-state index contributed by atoms with van der Waals surface area (Å²) in [5.41, 5.74) is 2.94. The first-order chi connectivity index (χ1) is 14.8. The number of benzene rings is 2. The van der Waals surface area contributed by atoms with E-state index in [0.29, 0.717) is 24.0 Å². The van der Waals surface area contributed by atoms with Gasteiger partial charge in [-0.2, -0.15) is 4.31 Å². The first-order valence-corrected chi connectivity index (χ1v) is 12.8. The lowest BCUT2D eigenvalue weighted by Gasteiger charge is -2.21. The second kappa shape index (κ2) is 10.4. The normalized spacial score (nSPS) is 11.9. The number of hydrogen-bond donors (Lipinski definition) is 0. The van der Waals surface area contributed by atoms with Crippen LogP contribution in [0.15, 0.2) is 58.8 Å². The molecule has 0 radical (unpaired) electrons. The number of hydrogen-bond acceptors (Lipinski definition) is 5. The predicted octanol–water partition coefficient (Wildman–Crippen LogP) is 5.75. The van der Waals surface area contributed by atoms with E-state index in [1.165, 1.54) is 15.6 Å². The fourth-order valence-corrected chi connectivity index (χ4v) is 5.49. The van der Waals surface area contributed by atoms with Gasteiger partial charge >= 0.3 is 0 Å². The van der Waals surface area contributed by atoms with Crippen LogP contribution in [0.3, 0.4) is 0 Å². The van der Waals surface area contributed by atoms with Gasteiger partial charge in [0.2, 0.25) is 10.0 Å². The maximum atomic E-state index is 13.1. The number of aryl methyl sites for hydroxylation is 1. The van der Waals surface area contributed by atoms with Crippen LogP contribution in [0.5, 0.6) is 5.75 Å². The van der Waals surface area contributed by atoms with Gasteiger partial charge in [-0.25, -0.2) is 13.4 Å². The molecule has 1 heterocycles. The van der Waals surface area contributed by atoms with Gasteiger partial charge in [0.1, 0.15) is 17.4 Å². The van der Waals surface area contributed by atoms with Gasteiger partial charge < -0.3 is 4.74 Å². The van der Waals surface area contributed by atoms with Crippen molar-refractivity contribution in [1.29, 1.82) is 0 Å². The summed E-state index contributed by atoms with van der Waals surface area (Å²) in [7, 11) is -3.57.